The number of rotatable bonds is 11. The van der Waals surface area contributed by atoms with Crippen molar-refractivity contribution in [3.63, 3.8) is 0 Å². The molecular formula is C37H36FN3O4. The molecule has 0 radical (unpaired) electrons. The van der Waals surface area contributed by atoms with Crippen LogP contribution in [-0.2, 0) is 13.0 Å². The molecule has 0 bridgehead atoms. The molecule has 0 saturated heterocycles. The Kier molecular flexibility index (Phi) is 9.42. The fourth-order valence-corrected chi connectivity index (χ4v) is 5.26. The normalized spacial score (nSPS) is 11.4. The van der Waals surface area contributed by atoms with E-state index in [2.05, 4.69) is 20.4 Å². The maximum absolute atomic E-state index is 13.9. The second-order valence-electron chi connectivity index (χ2n) is 11.0. The van der Waals surface area contributed by atoms with Gasteiger partial charge in [-0.1, -0.05) is 44.2 Å². The first-order chi connectivity index (χ1) is 21.7. The lowest BCUT2D eigenvalue weighted by molar-refractivity contribution is 0.281. The number of para-hydroxylation sites is 1. The van der Waals surface area contributed by atoms with E-state index in [-0.39, 0.29) is 23.9 Å². The van der Waals surface area contributed by atoms with Gasteiger partial charge in [0.05, 0.1) is 31.3 Å². The summed E-state index contributed by atoms with van der Waals surface area (Å²) in [5.41, 5.74) is 5.16. The molecule has 0 aliphatic heterocycles. The molecule has 0 unspecified atom stereocenters. The van der Waals surface area contributed by atoms with Gasteiger partial charge in [0, 0.05) is 11.1 Å². The molecule has 8 heteroatoms. The molecule has 0 aliphatic rings. The molecule has 0 spiro atoms. The molecule has 4 aromatic carbocycles. The Labute approximate surface area is 262 Å². The average molecular weight is 606 g/mol. The second-order valence-corrected chi connectivity index (χ2v) is 11.0. The maximum Gasteiger partial charge on any atom is 0.282 e. The number of ether oxygens (including phenoxy) is 3. The zero-order chi connectivity index (χ0) is 32.1. The van der Waals surface area contributed by atoms with E-state index in [9.17, 15) is 9.18 Å². The van der Waals surface area contributed by atoms with E-state index < -0.39 is 0 Å². The number of aryl methyl sites for hydroxylation is 1. The first kappa shape index (κ1) is 31.2. The van der Waals surface area contributed by atoms with E-state index in [4.69, 9.17) is 24.3 Å². The van der Waals surface area contributed by atoms with Gasteiger partial charge in [-0.25, -0.2) is 9.37 Å². The van der Waals surface area contributed by atoms with Crippen LogP contribution in [0.5, 0.6) is 17.2 Å². The summed E-state index contributed by atoms with van der Waals surface area (Å²) in [6.07, 6.45) is 3.86. The van der Waals surface area contributed by atoms with Gasteiger partial charge in [0.2, 0.25) is 0 Å². The first-order valence-electron chi connectivity index (χ1n) is 14.7. The number of nitrogens with zero attached hydrogens (tertiary/aromatic N) is 3. The first-order valence-corrected chi connectivity index (χ1v) is 14.7. The molecule has 0 fully saturated rings. The number of fused-ring (bicyclic) bond motifs is 1. The van der Waals surface area contributed by atoms with Crippen molar-refractivity contribution in [2.45, 2.75) is 39.7 Å². The van der Waals surface area contributed by atoms with Crippen molar-refractivity contribution in [1.29, 1.82) is 0 Å². The Balaban J connectivity index is 1.62. The van der Waals surface area contributed by atoms with E-state index in [1.54, 1.807) is 50.8 Å². The number of hydrogen-bond acceptors (Lipinski definition) is 6. The monoisotopic (exact) mass is 605 g/mol. The average Bonchev–Trinajstić information content (AvgIpc) is 3.03. The Hall–Kier alpha value is -5.24. The van der Waals surface area contributed by atoms with Crippen molar-refractivity contribution in [2.24, 2.45) is 5.10 Å². The standard InChI is InChI=1S/C37H36FN3O4/c1-7-11-27-17-26(19-34(44-6)35(27)45-22-25-12-10-13-28(38)18-25)21-39-41-36(40-32-15-9-8-14-29(32)37(41)42)31-20-30(23(2)3)33(43-5)16-24(31)4/h7-10,12-21,23H,1,11,22H2,2-6H3. The highest BCUT2D eigenvalue weighted by Crippen LogP contribution is 2.35. The van der Waals surface area contributed by atoms with Crippen molar-refractivity contribution >= 4 is 17.1 Å². The lowest BCUT2D eigenvalue weighted by atomic mass is 9.96. The lowest BCUT2D eigenvalue weighted by Crippen LogP contribution is -2.21. The largest absolute Gasteiger partial charge is 0.496 e. The van der Waals surface area contributed by atoms with Gasteiger partial charge in [-0.15, -0.1) is 6.58 Å². The van der Waals surface area contributed by atoms with Crippen LogP contribution in [-0.4, -0.2) is 30.1 Å². The molecule has 1 heterocycles. The lowest BCUT2D eigenvalue weighted by Gasteiger charge is -2.17. The van der Waals surface area contributed by atoms with Gasteiger partial charge in [0.15, 0.2) is 17.3 Å². The zero-order valence-corrected chi connectivity index (χ0v) is 26.1. The van der Waals surface area contributed by atoms with Crippen LogP contribution in [0.3, 0.4) is 0 Å². The number of hydrogen-bond donors (Lipinski definition) is 0. The van der Waals surface area contributed by atoms with E-state index in [1.165, 1.54) is 16.8 Å². The smallest absolute Gasteiger partial charge is 0.282 e. The predicted octanol–water partition coefficient (Wildman–Crippen LogP) is 7.84. The van der Waals surface area contributed by atoms with E-state index in [0.29, 0.717) is 45.8 Å². The van der Waals surface area contributed by atoms with Crippen molar-refractivity contribution in [1.82, 2.24) is 9.66 Å². The van der Waals surface area contributed by atoms with Gasteiger partial charge in [0.1, 0.15) is 18.2 Å². The van der Waals surface area contributed by atoms with E-state index in [0.717, 1.165) is 28.0 Å². The van der Waals surface area contributed by atoms with Gasteiger partial charge < -0.3 is 14.2 Å². The molecule has 45 heavy (non-hydrogen) atoms. The molecular weight excluding hydrogens is 569 g/mol. The van der Waals surface area contributed by atoms with Gasteiger partial charge in [-0.2, -0.15) is 9.78 Å². The summed E-state index contributed by atoms with van der Waals surface area (Å²) >= 11 is 0. The summed E-state index contributed by atoms with van der Waals surface area (Å²) in [7, 11) is 3.21. The Morgan fingerprint density at radius 2 is 1.78 bits per heavy atom. The molecule has 0 amide bonds. The molecule has 0 saturated carbocycles. The molecule has 0 aliphatic carbocycles. The highest BCUT2D eigenvalue weighted by Gasteiger charge is 2.19. The molecule has 1 aromatic heterocycles. The number of benzene rings is 4. The van der Waals surface area contributed by atoms with E-state index in [1.807, 2.05) is 43.3 Å². The van der Waals surface area contributed by atoms with Crippen LogP contribution in [0.25, 0.3) is 22.3 Å². The SMILES string of the molecule is C=CCc1cc(C=Nn2c(-c3cc(C(C)C)c(OC)cc3C)nc3ccccc3c2=O)cc(OC)c1OCc1cccc(F)c1. The van der Waals surface area contributed by atoms with E-state index >= 15 is 0 Å². The fourth-order valence-electron chi connectivity index (χ4n) is 5.26. The predicted molar refractivity (Wildman–Crippen MR) is 177 cm³/mol. The van der Waals surface area contributed by atoms with Crippen LogP contribution < -0.4 is 19.8 Å². The van der Waals surface area contributed by atoms with Crippen LogP contribution in [0.1, 0.15) is 47.6 Å². The van der Waals surface area contributed by atoms with Crippen molar-refractivity contribution in [3.05, 3.63) is 129 Å². The third-order valence-electron chi connectivity index (χ3n) is 7.53. The number of aromatic nitrogens is 2. The summed E-state index contributed by atoms with van der Waals surface area (Å²) < 4.78 is 32.5. The van der Waals surface area contributed by atoms with Gasteiger partial charge in [-0.3, -0.25) is 4.79 Å². The minimum absolute atomic E-state index is 0.160. The maximum atomic E-state index is 13.9. The van der Waals surface area contributed by atoms with Crippen LogP contribution >= 0.6 is 0 Å². The molecule has 5 rings (SSSR count). The van der Waals surface area contributed by atoms with Crippen LogP contribution in [0.15, 0.2) is 95.3 Å². The molecule has 5 aromatic rings. The van der Waals surface area contributed by atoms with Gasteiger partial charge >= 0.3 is 0 Å². The van der Waals surface area contributed by atoms with Gasteiger partial charge in [-0.05, 0) is 90.0 Å². The van der Waals surface area contributed by atoms with Crippen molar-refractivity contribution in [3.8, 4) is 28.6 Å². The second kappa shape index (κ2) is 13.6. The fraction of sp³-hybridized carbons (Fsp3) is 0.216. The molecule has 7 nitrogen and oxygen atoms in total. The molecule has 0 N–H and O–H groups in total. The van der Waals surface area contributed by atoms with Crippen molar-refractivity contribution in [2.75, 3.05) is 14.2 Å². The minimum Gasteiger partial charge on any atom is -0.496 e. The third-order valence-corrected chi connectivity index (χ3v) is 7.53. The summed E-state index contributed by atoms with van der Waals surface area (Å²) in [6, 6.07) is 21.2. The summed E-state index contributed by atoms with van der Waals surface area (Å²) in [6.45, 7) is 10.2. The van der Waals surface area contributed by atoms with Crippen molar-refractivity contribution < 1.29 is 18.6 Å². The number of allylic oxidation sites excluding steroid dienone is 1. The summed E-state index contributed by atoms with van der Waals surface area (Å²) in [5.74, 6) is 2.06. The Morgan fingerprint density at radius 3 is 2.49 bits per heavy atom. The summed E-state index contributed by atoms with van der Waals surface area (Å²) in [5, 5.41) is 5.15. The van der Waals surface area contributed by atoms with Crippen LogP contribution in [0.2, 0.25) is 0 Å². The Morgan fingerprint density at radius 1 is 1.00 bits per heavy atom. The molecule has 230 valence electrons. The van der Waals surface area contributed by atoms with Crippen LogP contribution in [0, 0.1) is 12.7 Å². The topological polar surface area (TPSA) is 74.9 Å². The quantitative estimate of drug-likeness (QED) is 0.113. The number of methoxy groups -OCH3 is 2. The zero-order valence-electron chi connectivity index (χ0n) is 26.1. The third kappa shape index (κ3) is 6.65. The highest BCUT2D eigenvalue weighted by atomic mass is 19.1. The Bertz CT molecular complexity index is 1960. The number of halogens is 1. The highest BCUT2D eigenvalue weighted by molar-refractivity contribution is 5.83. The molecule has 0 atom stereocenters. The summed E-state index contributed by atoms with van der Waals surface area (Å²) in [4.78, 5) is 18.8. The van der Waals surface area contributed by atoms with Gasteiger partial charge in [0.25, 0.3) is 5.56 Å². The van der Waals surface area contributed by atoms with Crippen LogP contribution in [0.4, 0.5) is 4.39 Å². The minimum atomic E-state index is -0.330.